The zero-order valence-electron chi connectivity index (χ0n) is 14.3. The average Bonchev–Trinajstić information content (AvgIpc) is 3.04. The molecule has 0 bridgehead atoms. The third-order valence-corrected chi connectivity index (χ3v) is 5.51. The van der Waals surface area contributed by atoms with Gasteiger partial charge in [-0.15, -0.1) is 0 Å². The predicted octanol–water partition coefficient (Wildman–Crippen LogP) is 2.85. The van der Waals surface area contributed by atoms with Gasteiger partial charge in [0.05, 0.1) is 5.69 Å². The van der Waals surface area contributed by atoms with Crippen LogP contribution in [0.4, 0.5) is 0 Å². The third kappa shape index (κ3) is 2.73. The Labute approximate surface area is 133 Å². The molecule has 2 aliphatic rings. The average molecular weight is 304 g/mol. The van der Waals surface area contributed by atoms with Gasteiger partial charge >= 0.3 is 0 Å². The monoisotopic (exact) mass is 304 g/mol. The molecule has 1 aliphatic heterocycles. The van der Waals surface area contributed by atoms with Crippen LogP contribution in [0.15, 0.2) is 9.52 Å². The molecule has 1 atom stereocenters. The van der Waals surface area contributed by atoms with E-state index in [2.05, 4.69) is 27.3 Å². The molecule has 1 saturated heterocycles. The Morgan fingerprint density at radius 2 is 2.18 bits per heavy atom. The molecule has 122 valence electrons. The van der Waals surface area contributed by atoms with Crippen LogP contribution < -0.4 is 5.32 Å². The highest BCUT2D eigenvalue weighted by Crippen LogP contribution is 2.47. The summed E-state index contributed by atoms with van der Waals surface area (Å²) in [5.41, 5.74) is 2.82. The zero-order valence-corrected chi connectivity index (χ0v) is 14.3. The molecule has 0 aromatic carbocycles. The van der Waals surface area contributed by atoms with E-state index in [1.807, 2.05) is 20.9 Å². The SMILES string of the molecule is CN=C(NCC(C)c1c(C)noc1C)N1CCC2(CCC2)C1. The van der Waals surface area contributed by atoms with E-state index in [4.69, 9.17) is 4.52 Å². The lowest BCUT2D eigenvalue weighted by molar-refractivity contribution is 0.151. The zero-order chi connectivity index (χ0) is 15.7. The first-order valence-electron chi connectivity index (χ1n) is 8.43. The lowest BCUT2D eigenvalue weighted by Gasteiger charge is -2.38. The molecule has 1 aliphatic carbocycles. The summed E-state index contributed by atoms with van der Waals surface area (Å²) >= 11 is 0. The van der Waals surface area contributed by atoms with Crippen molar-refractivity contribution in [2.45, 2.75) is 52.4 Å². The van der Waals surface area contributed by atoms with E-state index in [9.17, 15) is 0 Å². The Bertz CT molecular complexity index is 540. The number of likely N-dealkylation sites (tertiary alicyclic amines) is 1. The van der Waals surface area contributed by atoms with Crippen molar-refractivity contribution in [3.05, 3.63) is 17.0 Å². The number of guanidine groups is 1. The summed E-state index contributed by atoms with van der Waals surface area (Å²) < 4.78 is 5.28. The Morgan fingerprint density at radius 1 is 1.41 bits per heavy atom. The molecule has 0 radical (unpaired) electrons. The Hall–Kier alpha value is -1.52. The Kier molecular flexibility index (Phi) is 4.15. The van der Waals surface area contributed by atoms with Crippen LogP contribution in [-0.4, -0.2) is 42.7 Å². The number of aromatic nitrogens is 1. The van der Waals surface area contributed by atoms with E-state index < -0.39 is 0 Å². The van der Waals surface area contributed by atoms with Crippen molar-refractivity contribution < 1.29 is 4.52 Å². The van der Waals surface area contributed by atoms with Gasteiger partial charge in [-0.2, -0.15) is 0 Å². The van der Waals surface area contributed by atoms with E-state index in [1.54, 1.807) is 0 Å². The van der Waals surface area contributed by atoms with Crippen LogP contribution in [0.25, 0.3) is 0 Å². The fourth-order valence-corrected chi connectivity index (χ4v) is 4.07. The largest absolute Gasteiger partial charge is 0.361 e. The van der Waals surface area contributed by atoms with Crippen LogP contribution in [0.5, 0.6) is 0 Å². The van der Waals surface area contributed by atoms with Crippen LogP contribution in [0.2, 0.25) is 0 Å². The normalized spacial score (nSPS) is 22.0. The van der Waals surface area contributed by atoms with Crippen LogP contribution >= 0.6 is 0 Å². The molecule has 5 heteroatoms. The van der Waals surface area contributed by atoms with Gasteiger partial charge in [-0.3, -0.25) is 4.99 Å². The minimum absolute atomic E-state index is 0.364. The minimum atomic E-state index is 0.364. The summed E-state index contributed by atoms with van der Waals surface area (Å²) in [7, 11) is 1.88. The van der Waals surface area contributed by atoms with Crippen LogP contribution in [0, 0.1) is 19.3 Å². The first-order chi connectivity index (χ1) is 10.5. The fourth-order valence-electron chi connectivity index (χ4n) is 4.07. The first-order valence-corrected chi connectivity index (χ1v) is 8.43. The standard InChI is InChI=1S/C17H28N4O/c1-12(15-13(2)20-22-14(15)3)10-19-16(18-4)21-9-8-17(11-21)6-5-7-17/h12H,5-11H2,1-4H3,(H,18,19). The molecular formula is C17H28N4O. The molecule has 2 heterocycles. The summed E-state index contributed by atoms with van der Waals surface area (Å²) in [5.74, 6) is 2.34. The molecule has 5 nitrogen and oxygen atoms in total. The highest BCUT2D eigenvalue weighted by Gasteiger charge is 2.43. The summed E-state index contributed by atoms with van der Waals surface area (Å²) in [6, 6.07) is 0. The lowest BCUT2D eigenvalue weighted by atomic mass is 9.68. The molecule has 0 amide bonds. The van der Waals surface area contributed by atoms with E-state index in [0.29, 0.717) is 11.3 Å². The van der Waals surface area contributed by atoms with Gasteiger partial charge < -0.3 is 14.7 Å². The molecule has 1 aromatic heterocycles. The van der Waals surface area contributed by atoms with Gasteiger partial charge in [-0.05, 0) is 38.5 Å². The second-order valence-electron chi connectivity index (χ2n) is 7.09. The maximum atomic E-state index is 5.28. The fraction of sp³-hybridized carbons (Fsp3) is 0.765. The molecule has 1 saturated carbocycles. The quantitative estimate of drug-likeness (QED) is 0.689. The third-order valence-electron chi connectivity index (χ3n) is 5.51. The molecule has 3 rings (SSSR count). The van der Waals surface area contributed by atoms with Gasteiger partial charge in [-0.1, -0.05) is 18.5 Å². The van der Waals surface area contributed by atoms with Crippen molar-refractivity contribution in [3.8, 4) is 0 Å². The first kappa shape index (κ1) is 15.4. The van der Waals surface area contributed by atoms with E-state index >= 15 is 0 Å². The number of nitrogens with zero attached hydrogens (tertiary/aromatic N) is 3. The summed E-state index contributed by atoms with van der Waals surface area (Å²) in [6.07, 6.45) is 5.53. The smallest absolute Gasteiger partial charge is 0.193 e. The minimum Gasteiger partial charge on any atom is -0.361 e. The van der Waals surface area contributed by atoms with E-state index in [0.717, 1.165) is 30.5 Å². The van der Waals surface area contributed by atoms with Crippen molar-refractivity contribution in [1.82, 2.24) is 15.4 Å². The van der Waals surface area contributed by atoms with Gasteiger partial charge in [0, 0.05) is 38.2 Å². The van der Waals surface area contributed by atoms with Crippen LogP contribution in [0.3, 0.4) is 0 Å². The van der Waals surface area contributed by atoms with Crippen LogP contribution in [0.1, 0.15) is 55.5 Å². The van der Waals surface area contributed by atoms with Gasteiger partial charge in [0.2, 0.25) is 0 Å². The predicted molar refractivity (Wildman–Crippen MR) is 88.2 cm³/mol. The number of hydrogen-bond acceptors (Lipinski definition) is 3. The number of aryl methyl sites for hydroxylation is 2. The summed E-state index contributed by atoms with van der Waals surface area (Å²) in [5, 5.41) is 7.60. The topological polar surface area (TPSA) is 53.7 Å². The number of aliphatic imine (C=N–C) groups is 1. The van der Waals surface area contributed by atoms with Gasteiger partial charge in [0.1, 0.15) is 5.76 Å². The summed E-state index contributed by atoms with van der Waals surface area (Å²) in [6.45, 7) is 9.38. The van der Waals surface area contributed by atoms with E-state index in [-0.39, 0.29) is 0 Å². The van der Waals surface area contributed by atoms with Crippen LogP contribution in [-0.2, 0) is 0 Å². The molecule has 1 N–H and O–H groups in total. The molecule has 1 spiro atoms. The second kappa shape index (κ2) is 5.94. The highest BCUT2D eigenvalue weighted by atomic mass is 16.5. The molecular weight excluding hydrogens is 276 g/mol. The van der Waals surface area contributed by atoms with Gasteiger partial charge in [-0.25, -0.2) is 0 Å². The van der Waals surface area contributed by atoms with Crippen molar-refractivity contribution in [3.63, 3.8) is 0 Å². The maximum absolute atomic E-state index is 5.28. The lowest BCUT2D eigenvalue weighted by Crippen LogP contribution is -2.43. The number of nitrogens with one attached hydrogen (secondary N) is 1. The van der Waals surface area contributed by atoms with Gasteiger partial charge in [0.15, 0.2) is 5.96 Å². The highest BCUT2D eigenvalue weighted by molar-refractivity contribution is 5.80. The maximum Gasteiger partial charge on any atom is 0.193 e. The summed E-state index contributed by atoms with van der Waals surface area (Å²) in [4.78, 5) is 6.91. The van der Waals surface area contributed by atoms with Crippen molar-refractivity contribution in [2.75, 3.05) is 26.7 Å². The van der Waals surface area contributed by atoms with Crippen molar-refractivity contribution >= 4 is 5.96 Å². The van der Waals surface area contributed by atoms with Crippen molar-refractivity contribution in [1.29, 1.82) is 0 Å². The second-order valence-corrected chi connectivity index (χ2v) is 7.09. The molecule has 1 unspecified atom stereocenters. The Balaban J connectivity index is 1.58. The molecule has 22 heavy (non-hydrogen) atoms. The molecule has 1 aromatic rings. The molecule has 2 fully saturated rings. The van der Waals surface area contributed by atoms with Crippen molar-refractivity contribution in [2.24, 2.45) is 10.4 Å². The Morgan fingerprint density at radius 3 is 2.68 bits per heavy atom. The van der Waals surface area contributed by atoms with E-state index in [1.165, 1.54) is 37.8 Å². The number of rotatable bonds is 3. The number of hydrogen-bond donors (Lipinski definition) is 1. The van der Waals surface area contributed by atoms with Gasteiger partial charge in [0.25, 0.3) is 0 Å².